The Balaban J connectivity index is 0.00000306. The van der Waals surface area contributed by atoms with Gasteiger partial charge < -0.3 is 10.2 Å². The lowest BCUT2D eigenvalue weighted by Gasteiger charge is -2.41. The minimum absolute atomic E-state index is 0. The van der Waals surface area contributed by atoms with Gasteiger partial charge in [-0.15, -0.1) is 12.4 Å². The summed E-state index contributed by atoms with van der Waals surface area (Å²) in [5, 5.41) is 2.77. The van der Waals surface area contributed by atoms with Crippen LogP contribution in [0.2, 0.25) is 0 Å². The molecule has 3 atom stereocenters. The zero-order chi connectivity index (χ0) is 22.8. The number of carbonyl (C=O) groups is 2. The van der Waals surface area contributed by atoms with Crippen molar-refractivity contribution in [2.45, 2.75) is 77.6 Å². The summed E-state index contributed by atoms with van der Waals surface area (Å²) in [4.78, 5) is 29.6. The number of halogens is 3. The molecule has 4 rings (SSSR count). The molecule has 3 fully saturated rings. The van der Waals surface area contributed by atoms with Crippen molar-refractivity contribution in [2.75, 3.05) is 25.0 Å². The first-order chi connectivity index (χ1) is 15.3. The average Bonchev–Trinajstić information content (AvgIpc) is 3.43. The number of hydrogen-bond acceptors (Lipinski definition) is 3. The Bertz CT molecular complexity index is 862. The lowest BCUT2D eigenvalue weighted by atomic mass is 10.0. The van der Waals surface area contributed by atoms with Crippen LogP contribution in [0, 0.1) is 24.6 Å². The Labute approximate surface area is 201 Å². The van der Waals surface area contributed by atoms with Crippen LogP contribution in [0.1, 0.15) is 63.0 Å². The first-order valence-electron chi connectivity index (χ1n) is 12.1. The minimum atomic E-state index is -1.12. The average molecular weight is 484 g/mol. The van der Waals surface area contributed by atoms with E-state index >= 15 is 0 Å². The highest BCUT2D eigenvalue weighted by Gasteiger charge is 2.34. The Morgan fingerprint density at radius 1 is 1.09 bits per heavy atom. The van der Waals surface area contributed by atoms with Crippen LogP contribution in [0.15, 0.2) is 12.1 Å². The van der Waals surface area contributed by atoms with Gasteiger partial charge in [-0.2, -0.15) is 0 Å². The van der Waals surface area contributed by atoms with E-state index < -0.39 is 17.9 Å². The predicted molar refractivity (Wildman–Crippen MR) is 128 cm³/mol. The summed E-state index contributed by atoms with van der Waals surface area (Å²) in [5.41, 5.74) is 2.05. The summed E-state index contributed by atoms with van der Waals surface area (Å²) >= 11 is 0. The molecule has 3 aliphatic rings. The second kappa shape index (κ2) is 11.1. The van der Waals surface area contributed by atoms with E-state index in [0.29, 0.717) is 43.9 Å². The largest absolute Gasteiger partial charge is 0.337 e. The summed E-state index contributed by atoms with van der Waals surface area (Å²) in [6.07, 6.45) is 4.85. The molecule has 1 N–H and O–H groups in total. The fraction of sp³-hybridized carbons (Fsp3) is 0.680. The molecule has 0 radical (unpaired) electrons. The zero-order valence-electron chi connectivity index (χ0n) is 19.6. The van der Waals surface area contributed by atoms with Gasteiger partial charge in [0, 0.05) is 43.8 Å². The van der Waals surface area contributed by atoms with Gasteiger partial charge in [0.05, 0.1) is 5.92 Å². The van der Waals surface area contributed by atoms with E-state index in [1.54, 1.807) is 0 Å². The van der Waals surface area contributed by atoms with Crippen LogP contribution in [0.3, 0.4) is 0 Å². The summed E-state index contributed by atoms with van der Waals surface area (Å²) in [6, 6.07) is 2.95. The first-order valence-corrected chi connectivity index (χ1v) is 12.1. The van der Waals surface area contributed by atoms with Gasteiger partial charge in [-0.1, -0.05) is 12.8 Å². The quantitative estimate of drug-likeness (QED) is 0.651. The number of piperazine rings is 1. The molecular weight excluding hydrogens is 448 g/mol. The van der Waals surface area contributed by atoms with Crippen molar-refractivity contribution in [3.63, 3.8) is 0 Å². The highest BCUT2D eigenvalue weighted by molar-refractivity contribution is 5.94. The topological polar surface area (TPSA) is 52.6 Å². The fourth-order valence-corrected chi connectivity index (χ4v) is 5.62. The van der Waals surface area contributed by atoms with Crippen LogP contribution in [-0.2, 0) is 16.1 Å². The summed E-state index contributed by atoms with van der Waals surface area (Å²) < 4.78 is 28.4. The Hall–Kier alpha value is -1.73. The maximum atomic E-state index is 14.4. The van der Waals surface area contributed by atoms with Crippen molar-refractivity contribution >= 4 is 29.9 Å². The highest BCUT2D eigenvalue weighted by Crippen LogP contribution is 2.31. The second-order valence-corrected chi connectivity index (χ2v) is 9.88. The van der Waals surface area contributed by atoms with Crippen LogP contribution in [0.25, 0.3) is 0 Å². The first kappa shape index (κ1) is 25.9. The van der Waals surface area contributed by atoms with Gasteiger partial charge in [0.1, 0.15) is 12.0 Å². The van der Waals surface area contributed by atoms with E-state index in [1.807, 2.05) is 11.8 Å². The van der Waals surface area contributed by atoms with E-state index in [0.717, 1.165) is 49.9 Å². The number of anilines is 1. The number of rotatable bonds is 5. The number of nitrogens with one attached hydrogen (secondary N) is 1. The Morgan fingerprint density at radius 3 is 2.45 bits per heavy atom. The van der Waals surface area contributed by atoms with Gasteiger partial charge in [-0.25, -0.2) is 8.78 Å². The van der Waals surface area contributed by atoms with Gasteiger partial charge in [-0.05, 0) is 69.2 Å². The number of amides is 2. The number of benzene rings is 1. The maximum Gasteiger partial charge on any atom is 0.230 e. The van der Waals surface area contributed by atoms with Crippen molar-refractivity contribution in [1.82, 2.24) is 9.80 Å². The van der Waals surface area contributed by atoms with Crippen LogP contribution in [-0.4, -0.2) is 53.5 Å². The lowest BCUT2D eigenvalue weighted by molar-refractivity contribution is -0.140. The van der Waals surface area contributed by atoms with Crippen molar-refractivity contribution in [3.05, 3.63) is 29.1 Å². The van der Waals surface area contributed by atoms with Crippen molar-refractivity contribution in [3.8, 4) is 0 Å². The van der Waals surface area contributed by atoms with Crippen LogP contribution in [0.4, 0.5) is 14.5 Å². The van der Waals surface area contributed by atoms with E-state index in [2.05, 4.69) is 17.1 Å². The van der Waals surface area contributed by atoms with Crippen molar-refractivity contribution in [2.24, 2.45) is 11.8 Å². The molecule has 1 aliphatic heterocycles. The fourth-order valence-electron chi connectivity index (χ4n) is 5.62. The molecule has 1 saturated heterocycles. The third-order valence-corrected chi connectivity index (χ3v) is 7.60. The molecule has 2 amide bonds. The molecule has 2 unspecified atom stereocenters. The standard InChI is InChI=1S/C25H35F2N3O2.ClH/c1-16-14-29(10-11-30(16)25(32)18-6-3-4-7-18)15-19-12-20(26)13-23(17(19)2)28-24(31)21-8-5-9-22(21)27;/h12-13,16,18,21-22H,3-11,14-15H2,1-2H3,(H,28,31);1H/t16-,21?,22?;/m0./s1. The highest BCUT2D eigenvalue weighted by atomic mass is 35.5. The minimum Gasteiger partial charge on any atom is -0.337 e. The smallest absolute Gasteiger partial charge is 0.230 e. The molecular formula is C25H36ClF2N3O2. The molecule has 2 saturated carbocycles. The van der Waals surface area contributed by atoms with E-state index in [4.69, 9.17) is 0 Å². The molecule has 1 heterocycles. The van der Waals surface area contributed by atoms with E-state index in [9.17, 15) is 18.4 Å². The molecule has 8 heteroatoms. The molecule has 33 heavy (non-hydrogen) atoms. The maximum absolute atomic E-state index is 14.4. The van der Waals surface area contributed by atoms with Crippen molar-refractivity contribution < 1.29 is 18.4 Å². The van der Waals surface area contributed by atoms with E-state index in [1.165, 1.54) is 12.1 Å². The molecule has 0 aromatic heterocycles. The van der Waals surface area contributed by atoms with Gasteiger partial charge >= 0.3 is 0 Å². The number of carbonyl (C=O) groups excluding carboxylic acids is 2. The SMILES string of the molecule is Cc1c(CN2CCN(C(=O)C3CCCC3)[C@@H](C)C2)cc(F)cc1NC(=O)C1CCCC1F.Cl. The third kappa shape index (κ3) is 5.86. The summed E-state index contributed by atoms with van der Waals surface area (Å²) in [5.74, 6) is -0.939. The third-order valence-electron chi connectivity index (χ3n) is 7.60. The van der Waals surface area contributed by atoms with Gasteiger partial charge in [0.2, 0.25) is 11.8 Å². The van der Waals surface area contributed by atoms with Crippen LogP contribution in [0.5, 0.6) is 0 Å². The summed E-state index contributed by atoms with van der Waals surface area (Å²) in [6.45, 7) is 6.67. The number of alkyl halides is 1. The molecule has 184 valence electrons. The van der Waals surface area contributed by atoms with Gasteiger partial charge in [0.15, 0.2) is 0 Å². The number of nitrogens with zero attached hydrogens (tertiary/aromatic N) is 2. The second-order valence-electron chi connectivity index (χ2n) is 9.88. The molecule has 0 bridgehead atoms. The van der Waals surface area contributed by atoms with Crippen LogP contribution >= 0.6 is 12.4 Å². The van der Waals surface area contributed by atoms with Crippen molar-refractivity contribution in [1.29, 1.82) is 0 Å². The number of hydrogen-bond donors (Lipinski definition) is 1. The van der Waals surface area contributed by atoms with Crippen LogP contribution < -0.4 is 5.32 Å². The predicted octanol–water partition coefficient (Wildman–Crippen LogP) is 4.86. The van der Waals surface area contributed by atoms with Gasteiger partial charge in [-0.3, -0.25) is 14.5 Å². The normalized spacial score (nSPS) is 26.3. The molecule has 0 spiro atoms. The zero-order valence-corrected chi connectivity index (χ0v) is 20.4. The monoisotopic (exact) mass is 483 g/mol. The molecule has 2 aliphatic carbocycles. The Morgan fingerprint density at radius 2 is 1.82 bits per heavy atom. The van der Waals surface area contributed by atoms with E-state index in [-0.39, 0.29) is 30.3 Å². The summed E-state index contributed by atoms with van der Waals surface area (Å²) in [7, 11) is 0. The molecule has 5 nitrogen and oxygen atoms in total. The van der Waals surface area contributed by atoms with Gasteiger partial charge in [0.25, 0.3) is 0 Å². The lowest BCUT2D eigenvalue weighted by Crippen LogP contribution is -2.54. The Kier molecular flexibility index (Phi) is 8.73. The molecule has 1 aromatic rings. The molecule has 1 aromatic carbocycles.